The Hall–Kier alpha value is -3.46. The summed E-state index contributed by atoms with van der Waals surface area (Å²) in [6.45, 7) is -0.214. The molecule has 1 N–H and O–H groups in total. The Labute approximate surface area is 204 Å². The topological polar surface area (TPSA) is 66.8 Å². The number of rotatable bonds is 8. The van der Waals surface area contributed by atoms with E-state index in [1.807, 2.05) is 36.4 Å². The van der Waals surface area contributed by atoms with Crippen molar-refractivity contribution in [3.8, 4) is 5.75 Å². The second kappa shape index (κ2) is 10.4. The number of hydrogen-bond acceptors (Lipinski definition) is 4. The fraction of sp³-hybridized carbons (Fsp3) is 0.231. The molecule has 0 bridgehead atoms. The number of thioether (sulfide) groups is 1. The number of halogens is 3. The van der Waals surface area contributed by atoms with E-state index in [0.29, 0.717) is 29.2 Å². The van der Waals surface area contributed by atoms with E-state index in [1.165, 1.54) is 17.0 Å². The van der Waals surface area contributed by atoms with Crippen LogP contribution in [0.2, 0.25) is 0 Å². The molecule has 0 unspecified atom stereocenters. The Morgan fingerprint density at radius 2 is 1.77 bits per heavy atom. The normalized spacial score (nSPS) is 13.5. The second-order valence-corrected chi connectivity index (χ2v) is 9.09. The molecule has 0 fully saturated rings. The lowest BCUT2D eigenvalue weighted by Gasteiger charge is -2.28. The Kier molecular flexibility index (Phi) is 7.35. The number of anilines is 1. The minimum absolute atomic E-state index is 0.145. The second-order valence-electron chi connectivity index (χ2n) is 8.04. The van der Waals surface area contributed by atoms with Gasteiger partial charge in [-0.3, -0.25) is 9.59 Å². The number of carbonyl (C=O) groups is 2. The van der Waals surface area contributed by atoms with Crippen LogP contribution < -0.4 is 9.64 Å². The maximum Gasteiger partial charge on any atom is 0.416 e. The van der Waals surface area contributed by atoms with Crippen molar-refractivity contribution in [3.05, 3.63) is 89.0 Å². The predicted molar refractivity (Wildman–Crippen MR) is 127 cm³/mol. The number of nitrogens with zero attached hydrogens (tertiary/aromatic N) is 1. The summed E-state index contributed by atoms with van der Waals surface area (Å²) in [5.41, 5.74) is 2.44. The molecule has 0 atom stereocenters. The Morgan fingerprint density at radius 1 is 1.03 bits per heavy atom. The fourth-order valence-corrected chi connectivity index (χ4v) is 4.76. The van der Waals surface area contributed by atoms with Gasteiger partial charge in [-0.1, -0.05) is 30.3 Å². The monoisotopic (exact) mass is 501 g/mol. The number of aliphatic carboxylic acids is 1. The van der Waals surface area contributed by atoms with Crippen molar-refractivity contribution in [1.29, 1.82) is 0 Å². The Bertz CT molecular complexity index is 1230. The summed E-state index contributed by atoms with van der Waals surface area (Å²) in [7, 11) is 0. The average molecular weight is 502 g/mol. The molecule has 9 heteroatoms. The molecular formula is C26H22F3NO4S. The predicted octanol–water partition coefficient (Wildman–Crippen LogP) is 5.94. The number of alkyl halides is 3. The van der Waals surface area contributed by atoms with E-state index in [2.05, 4.69) is 0 Å². The summed E-state index contributed by atoms with van der Waals surface area (Å²) >= 11 is 1.58. The van der Waals surface area contributed by atoms with E-state index in [9.17, 15) is 22.8 Å². The van der Waals surface area contributed by atoms with Crippen LogP contribution in [0.25, 0.3) is 0 Å². The minimum Gasteiger partial charge on any atom is -0.489 e. The van der Waals surface area contributed by atoms with Crippen LogP contribution >= 0.6 is 11.8 Å². The van der Waals surface area contributed by atoms with Gasteiger partial charge in [0.1, 0.15) is 18.9 Å². The zero-order valence-corrected chi connectivity index (χ0v) is 19.4. The third-order valence-corrected chi connectivity index (χ3v) is 6.63. The van der Waals surface area contributed by atoms with Crippen molar-refractivity contribution in [2.24, 2.45) is 0 Å². The first-order valence-electron chi connectivity index (χ1n) is 10.9. The summed E-state index contributed by atoms with van der Waals surface area (Å²) in [4.78, 5) is 25.6. The number of hydrogen-bond donors (Lipinski definition) is 1. The van der Waals surface area contributed by atoms with Gasteiger partial charge in [0, 0.05) is 28.3 Å². The van der Waals surface area contributed by atoms with Gasteiger partial charge in [-0.05, 0) is 53.9 Å². The zero-order valence-electron chi connectivity index (χ0n) is 18.5. The number of ether oxygens (including phenoxy) is 1. The third-order valence-electron chi connectivity index (χ3n) is 5.59. The highest BCUT2D eigenvalue weighted by molar-refractivity contribution is 7.98. The fourth-order valence-electron chi connectivity index (χ4n) is 3.81. The highest BCUT2D eigenvalue weighted by Gasteiger charge is 2.30. The first kappa shape index (κ1) is 24.7. The van der Waals surface area contributed by atoms with Crippen molar-refractivity contribution >= 4 is 29.3 Å². The molecule has 182 valence electrons. The number of benzene rings is 3. The van der Waals surface area contributed by atoms with Crippen molar-refractivity contribution in [1.82, 2.24) is 0 Å². The van der Waals surface area contributed by atoms with Crippen LogP contribution in [-0.2, 0) is 34.5 Å². The van der Waals surface area contributed by atoms with E-state index in [-0.39, 0.29) is 25.5 Å². The van der Waals surface area contributed by atoms with Crippen molar-refractivity contribution in [2.45, 2.75) is 36.3 Å². The van der Waals surface area contributed by atoms with Crippen LogP contribution in [0, 0.1) is 0 Å². The summed E-state index contributed by atoms with van der Waals surface area (Å²) in [6, 6.07) is 18.0. The van der Waals surface area contributed by atoms with E-state index >= 15 is 0 Å². The zero-order chi connectivity index (χ0) is 25.0. The number of fused-ring (bicyclic) bond motifs is 1. The lowest BCUT2D eigenvalue weighted by Crippen LogP contribution is -2.38. The van der Waals surface area contributed by atoms with Gasteiger partial charge in [-0.25, -0.2) is 0 Å². The molecule has 0 aromatic heterocycles. The molecule has 1 amide bonds. The first-order valence-corrected chi connectivity index (χ1v) is 11.8. The number of carboxylic acid groups (broad SMARTS) is 1. The van der Waals surface area contributed by atoms with E-state index in [1.54, 1.807) is 17.8 Å². The molecule has 0 radical (unpaired) electrons. The number of carboxylic acids is 1. The lowest BCUT2D eigenvalue weighted by atomic mass is 10.0. The number of carbonyl (C=O) groups excluding carboxylic acids is 1. The van der Waals surface area contributed by atoms with Crippen LogP contribution in [0.1, 0.15) is 28.7 Å². The maximum atomic E-state index is 12.8. The van der Waals surface area contributed by atoms with E-state index in [0.717, 1.165) is 28.2 Å². The molecule has 0 spiro atoms. The first-order chi connectivity index (χ1) is 16.7. The van der Waals surface area contributed by atoms with Crippen molar-refractivity contribution in [3.63, 3.8) is 0 Å². The van der Waals surface area contributed by atoms with Crippen LogP contribution in [0.3, 0.4) is 0 Å². The Balaban J connectivity index is 1.41. The van der Waals surface area contributed by atoms with Crippen LogP contribution in [-0.4, -0.2) is 23.5 Å². The molecular weight excluding hydrogens is 479 g/mol. The molecule has 35 heavy (non-hydrogen) atoms. The summed E-state index contributed by atoms with van der Waals surface area (Å²) in [5, 5.41) is 9.11. The molecule has 0 saturated heterocycles. The molecule has 0 aliphatic carbocycles. The molecule has 3 aromatic rings. The lowest BCUT2D eigenvalue weighted by molar-refractivity contribution is -0.138. The SMILES string of the molecule is O=C(O)CN1C(=O)CCc2cc(SCc3ccccc3OCc3ccc(C(F)(F)F)cc3)ccc21. The van der Waals surface area contributed by atoms with E-state index in [4.69, 9.17) is 9.84 Å². The van der Waals surface area contributed by atoms with Gasteiger partial charge in [0.15, 0.2) is 0 Å². The van der Waals surface area contributed by atoms with Gasteiger partial charge >= 0.3 is 12.1 Å². The summed E-state index contributed by atoms with van der Waals surface area (Å²) in [6.07, 6.45) is -3.54. The molecule has 1 heterocycles. The van der Waals surface area contributed by atoms with Gasteiger partial charge in [-0.2, -0.15) is 13.2 Å². The molecule has 1 aliphatic heterocycles. The summed E-state index contributed by atoms with van der Waals surface area (Å²) in [5.74, 6) is -0.00668. The average Bonchev–Trinajstić information content (AvgIpc) is 2.83. The van der Waals surface area contributed by atoms with Crippen LogP contribution in [0.15, 0.2) is 71.6 Å². The molecule has 0 saturated carbocycles. The van der Waals surface area contributed by atoms with Crippen LogP contribution in [0.4, 0.5) is 18.9 Å². The van der Waals surface area contributed by atoms with Gasteiger partial charge in [0.05, 0.1) is 5.56 Å². The third kappa shape index (κ3) is 6.16. The van der Waals surface area contributed by atoms with Gasteiger partial charge in [0.2, 0.25) is 5.91 Å². The van der Waals surface area contributed by atoms with E-state index < -0.39 is 17.7 Å². The number of amides is 1. The van der Waals surface area contributed by atoms with Gasteiger partial charge < -0.3 is 14.7 Å². The number of para-hydroxylation sites is 1. The standard InChI is InChI=1S/C26H22F3NO4S/c27-26(28,29)20-8-5-17(6-9-20)15-34-23-4-2-1-3-19(23)16-35-21-10-11-22-18(13-21)7-12-24(31)30(22)14-25(32)33/h1-6,8-11,13H,7,12,14-16H2,(H,32,33). The van der Waals surface area contributed by atoms with Crippen LogP contribution in [0.5, 0.6) is 5.75 Å². The quantitative estimate of drug-likeness (QED) is 0.387. The largest absolute Gasteiger partial charge is 0.489 e. The van der Waals surface area contributed by atoms with Gasteiger partial charge in [-0.15, -0.1) is 11.8 Å². The van der Waals surface area contributed by atoms with Gasteiger partial charge in [0.25, 0.3) is 0 Å². The smallest absolute Gasteiger partial charge is 0.416 e. The maximum absolute atomic E-state index is 12.8. The number of aryl methyl sites for hydroxylation is 1. The summed E-state index contributed by atoms with van der Waals surface area (Å²) < 4.78 is 44.2. The van der Waals surface area contributed by atoms with Crippen molar-refractivity contribution < 1.29 is 32.6 Å². The molecule has 4 rings (SSSR count). The molecule has 1 aliphatic rings. The Morgan fingerprint density at radius 3 is 2.49 bits per heavy atom. The molecule has 3 aromatic carbocycles. The minimum atomic E-state index is -4.37. The highest BCUT2D eigenvalue weighted by atomic mass is 32.2. The van der Waals surface area contributed by atoms with Crippen molar-refractivity contribution in [2.75, 3.05) is 11.4 Å². The molecule has 5 nitrogen and oxygen atoms in total. The highest BCUT2D eigenvalue weighted by Crippen LogP contribution is 2.34.